The Morgan fingerprint density at radius 1 is 1.30 bits per heavy atom. The zero-order chi connectivity index (χ0) is 8.41. The number of allylic oxidation sites excluding steroid dienone is 2. The molecule has 10 heavy (non-hydrogen) atoms. The van der Waals surface area contributed by atoms with E-state index in [1.165, 1.54) is 0 Å². The van der Waals surface area contributed by atoms with E-state index >= 15 is 0 Å². The van der Waals surface area contributed by atoms with Gasteiger partial charge in [0.2, 0.25) is 0 Å². The summed E-state index contributed by atoms with van der Waals surface area (Å²) in [4.78, 5) is 0. The van der Waals surface area contributed by atoms with Crippen LogP contribution in [0.2, 0.25) is 0 Å². The van der Waals surface area contributed by atoms with E-state index < -0.39 is 0 Å². The summed E-state index contributed by atoms with van der Waals surface area (Å²) in [7, 11) is 0. The van der Waals surface area contributed by atoms with Gasteiger partial charge in [0.05, 0.1) is 12.4 Å². The first-order valence-electron chi connectivity index (χ1n) is 4.10. The van der Waals surface area contributed by atoms with E-state index in [4.69, 9.17) is 4.74 Å². The number of rotatable bonds is 3. The first-order chi connectivity index (χ1) is 4.81. The molecule has 0 atom stereocenters. The highest BCUT2D eigenvalue weighted by atomic mass is 16.5. The lowest BCUT2D eigenvalue weighted by Gasteiger charge is -1.99. The van der Waals surface area contributed by atoms with Gasteiger partial charge in [-0.15, -0.1) is 0 Å². The normalized spacial score (nSPS) is 9.90. The predicted octanol–water partition coefficient (Wildman–Crippen LogP) is 3.36. The topological polar surface area (TPSA) is 9.23 Å². The van der Waals surface area contributed by atoms with E-state index in [0.717, 1.165) is 18.8 Å². The fraction of sp³-hybridized carbons (Fsp3) is 0.778. The van der Waals surface area contributed by atoms with Gasteiger partial charge >= 0.3 is 0 Å². The molecule has 0 aliphatic carbocycles. The second-order valence-electron chi connectivity index (χ2n) is 1.66. The van der Waals surface area contributed by atoms with Gasteiger partial charge in [0.1, 0.15) is 0 Å². The van der Waals surface area contributed by atoms with Crippen LogP contribution in [-0.2, 0) is 4.74 Å². The van der Waals surface area contributed by atoms with Crippen LogP contribution in [0.25, 0.3) is 0 Å². The predicted molar refractivity (Wildman–Crippen MR) is 47.0 cm³/mol. The summed E-state index contributed by atoms with van der Waals surface area (Å²) in [5, 5.41) is 0. The molecule has 0 N–H and O–H groups in total. The molecule has 1 nitrogen and oxygen atoms in total. The molecule has 0 radical (unpaired) electrons. The van der Waals surface area contributed by atoms with Gasteiger partial charge in [-0.05, 0) is 26.3 Å². The van der Waals surface area contributed by atoms with E-state index in [9.17, 15) is 0 Å². The fourth-order valence-corrected chi connectivity index (χ4v) is 0.574. The third kappa shape index (κ3) is 10.5. The quantitative estimate of drug-likeness (QED) is 0.552. The molecule has 0 bridgehead atoms. The maximum Gasteiger partial charge on any atom is 0.0888 e. The monoisotopic (exact) mass is 144 g/mol. The summed E-state index contributed by atoms with van der Waals surface area (Å²) >= 11 is 0. The third-order valence-corrected chi connectivity index (χ3v) is 0.864. The van der Waals surface area contributed by atoms with Crippen LogP contribution in [0, 0.1) is 0 Å². The van der Waals surface area contributed by atoms with Gasteiger partial charge in [0.25, 0.3) is 0 Å². The molecule has 1 heteroatoms. The standard InChI is InChI=1S/C7H14O.C2H6/c1-4-6-7(3)8-5-2;1-2/h6H,4-5H2,1-3H3;1-2H3/b7-6-;. The molecule has 0 heterocycles. The molecule has 0 aliphatic heterocycles. The molecule has 0 aromatic rings. The minimum atomic E-state index is 0.780. The molecule has 0 rings (SSSR count). The summed E-state index contributed by atoms with van der Waals surface area (Å²) in [6, 6.07) is 0. The largest absolute Gasteiger partial charge is 0.499 e. The van der Waals surface area contributed by atoms with Gasteiger partial charge in [0.15, 0.2) is 0 Å². The van der Waals surface area contributed by atoms with Crippen LogP contribution in [0.3, 0.4) is 0 Å². The third-order valence-electron chi connectivity index (χ3n) is 0.864. The Morgan fingerprint density at radius 3 is 2.10 bits per heavy atom. The van der Waals surface area contributed by atoms with Gasteiger partial charge in [-0.3, -0.25) is 0 Å². The van der Waals surface area contributed by atoms with E-state index in [0.29, 0.717) is 0 Å². The van der Waals surface area contributed by atoms with Crippen LogP contribution < -0.4 is 0 Å². The van der Waals surface area contributed by atoms with Crippen molar-refractivity contribution < 1.29 is 4.74 Å². The van der Waals surface area contributed by atoms with E-state index in [1.807, 2.05) is 27.7 Å². The lowest BCUT2D eigenvalue weighted by molar-refractivity contribution is 0.230. The minimum absolute atomic E-state index is 0.780. The van der Waals surface area contributed by atoms with Gasteiger partial charge in [-0.1, -0.05) is 20.8 Å². The molecule has 0 aromatic heterocycles. The summed E-state index contributed by atoms with van der Waals surface area (Å²) in [5.74, 6) is 1.04. The SMILES string of the molecule is CC.CC/C=C(/C)OCC. The van der Waals surface area contributed by atoms with Crippen LogP contribution in [0.4, 0.5) is 0 Å². The lowest BCUT2D eigenvalue weighted by atomic mass is 10.4. The smallest absolute Gasteiger partial charge is 0.0888 e. The molecular formula is C9H20O. The van der Waals surface area contributed by atoms with Gasteiger partial charge in [0, 0.05) is 0 Å². The Bertz CT molecular complexity index is 74.8. The summed E-state index contributed by atoms with van der Waals surface area (Å²) < 4.78 is 5.14. The second kappa shape index (κ2) is 11.4. The first-order valence-corrected chi connectivity index (χ1v) is 4.10. The van der Waals surface area contributed by atoms with Crippen LogP contribution >= 0.6 is 0 Å². The Hall–Kier alpha value is -0.460. The van der Waals surface area contributed by atoms with E-state index in [-0.39, 0.29) is 0 Å². The van der Waals surface area contributed by atoms with E-state index in [1.54, 1.807) is 0 Å². The summed E-state index contributed by atoms with van der Waals surface area (Å²) in [5.41, 5.74) is 0. The molecule has 62 valence electrons. The van der Waals surface area contributed by atoms with E-state index in [2.05, 4.69) is 13.0 Å². The Kier molecular flexibility index (Phi) is 13.9. The Labute approximate surface area is 65.1 Å². The second-order valence-corrected chi connectivity index (χ2v) is 1.66. The van der Waals surface area contributed by atoms with Crippen LogP contribution in [0.5, 0.6) is 0 Å². The highest BCUT2D eigenvalue weighted by molar-refractivity contribution is 4.86. The van der Waals surface area contributed by atoms with Crippen molar-refractivity contribution in [3.63, 3.8) is 0 Å². The van der Waals surface area contributed by atoms with Crippen molar-refractivity contribution >= 4 is 0 Å². The maximum absolute atomic E-state index is 5.14. The number of ether oxygens (including phenoxy) is 1. The molecule has 0 amide bonds. The van der Waals surface area contributed by atoms with Gasteiger partial charge < -0.3 is 4.74 Å². The van der Waals surface area contributed by atoms with Gasteiger partial charge in [-0.25, -0.2) is 0 Å². The van der Waals surface area contributed by atoms with Crippen molar-refractivity contribution in [3.8, 4) is 0 Å². The molecule has 0 aliphatic rings. The zero-order valence-electron chi connectivity index (χ0n) is 7.90. The molecular weight excluding hydrogens is 124 g/mol. The summed E-state index contributed by atoms with van der Waals surface area (Å²) in [6.07, 6.45) is 3.13. The molecule has 0 aromatic carbocycles. The summed E-state index contributed by atoms with van der Waals surface area (Å²) in [6.45, 7) is 10.9. The van der Waals surface area contributed by atoms with Crippen molar-refractivity contribution in [1.82, 2.24) is 0 Å². The molecule has 0 saturated heterocycles. The van der Waals surface area contributed by atoms with Crippen molar-refractivity contribution in [3.05, 3.63) is 11.8 Å². The van der Waals surface area contributed by atoms with Crippen LogP contribution in [-0.4, -0.2) is 6.61 Å². The van der Waals surface area contributed by atoms with Crippen LogP contribution in [0.1, 0.15) is 41.0 Å². The minimum Gasteiger partial charge on any atom is -0.499 e. The zero-order valence-corrected chi connectivity index (χ0v) is 7.90. The first kappa shape index (κ1) is 12.2. The van der Waals surface area contributed by atoms with Gasteiger partial charge in [-0.2, -0.15) is 0 Å². The highest BCUT2D eigenvalue weighted by Crippen LogP contribution is 1.95. The Morgan fingerprint density at radius 2 is 1.80 bits per heavy atom. The molecule has 0 spiro atoms. The van der Waals surface area contributed by atoms with Crippen molar-refractivity contribution in [2.24, 2.45) is 0 Å². The molecule has 0 saturated carbocycles. The lowest BCUT2D eigenvalue weighted by Crippen LogP contribution is -1.84. The number of hydrogen-bond donors (Lipinski definition) is 0. The van der Waals surface area contributed by atoms with Crippen molar-refractivity contribution in [2.75, 3.05) is 6.61 Å². The molecule has 0 unspecified atom stereocenters. The van der Waals surface area contributed by atoms with Crippen molar-refractivity contribution in [2.45, 2.75) is 41.0 Å². The van der Waals surface area contributed by atoms with Crippen LogP contribution in [0.15, 0.2) is 11.8 Å². The average Bonchev–Trinajstić information content (AvgIpc) is 1.93. The average molecular weight is 144 g/mol. The van der Waals surface area contributed by atoms with Crippen molar-refractivity contribution in [1.29, 1.82) is 0 Å². The Balaban J connectivity index is 0. The molecule has 0 fully saturated rings. The maximum atomic E-state index is 5.14. The number of hydrogen-bond acceptors (Lipinski definition) is 1. The fourth-order valence-electron chi connectivity index (χ4n) is 0.574. The highest BCUT2D eigenvalue weighted by Gasteiger charge is 1.80.